The lowest BCUT2D eigenvalue weighted by atomic mass is 10.0. The standard InChI is InChI=1S/C32H46F3N5O7/c1-19-16-40(20(2)18-41)30(43)25-15-24(36-28(42)12-13-32(33,34)35)10-11-26(25)46-21(3)9-7-8-14-45-27(19)17-39(6)31(44)37-29-22(4)38-47-23(29)5/h10-11,15,19-21,27,41H,7-9,12-14,16-18H2,1-6H3,(H,36,42)(H,37,44)/t19-,20-,21-,27-/m1/s1. The Kier molecular flexibility index (Phi) is 13.5. The summed E-state index contributed by atoms with van der Waals surface area (Å²) in [6.45, 7) is 9.22. The molecule has 4 amide bonds. The third-order valence-electron chi connectivity index (χ3n) is 8.04. The van der Waals surface area contributed by atoms with Gasteiger partial charge in [0.1, 0.15) is 17.1 Å². The second kappa shape index (κ2) is 16.8. The third kappa shape index (κ3) is 11.1. The molecule has 3 N–H and O–H groups in total. The van der Waals surface area contributed by atoms with Gasteiger partial charge >= 0.3 is 12.2 Å². The Morgan fingerprint density at radius 2 is 1.91 bits per heavy atom. The highest BCUT2D eigenvalue weighted by Crippen LogP contribution is 2.29. The molecule has 0 spiro atoms. The van der Waals surface area contributed by atoms with Crippen molar-refractivity contribution in [3.63, 3.8) is 0 Å². The van der Waals surface area contributed by atoms with Gasteiger partial charge in [-0.15, -0.1) is 0 Å². The van der Waals surface area contributed by atoms with E-state index in [1.165, 1.54) is 28.0 Å². The summed E-state index contributed by atoms with van der Waals surface area (Å²) in [4.78, 5) is 42.5. The van der Waals surface area contributed by atoms with Crippen molar-refractivity contribution in [2.75, 3.05) is 44.0 Å². The number of aliphatic hydroxyl groups is 1. The van der Waals surface area contributed by atoms with Gasteiger partial charge < -0.3 is 39.5 Å². The number of carbonyl (C=O) groups is 3. The number of rotatable bonds is 8. The number of urea groups is 1. The molecular weight excluding hydrogens is 623 g/mol. The van der Waals surface area contributed by atoms with Crippen molar-refractivity contribution < 1.29 is 46.7 Å². The number of aromatic nitrogens is 1. The maximum atomic E-state index is 14.2. The van der Waals surface area contributed by atoms with Crippen molar-refractivity contribution in [3.05, 3.63) is 35.2 Å². The number of amides is 4. The molecule has 0 unspecified atom stereocenters. The first-order chi connectivity index (χ1) is 22.1. The van der Waals surface area contributed by atoms with Crippen molar-refractivity contribution in [2.24, 2.45) is 5.92 Å². The van der Waals surface area contributed by atoms with E-state index >= 15 is 0 Å². The number of likely N-dealkylation sites (N-methyl/N-ethyl adjacent to an activating group) is 1. The minimum absolute atomic E-state index is 0.0865. The molecule has 4 atom stereocenters. The maximum absolute atomic E-state index is 14.2. The largest absolute Gasteiger partial charge is 0.490 e. The number of halogens is 3. The molecule has 47 heavy (non-hydrogen) atoms. The van der Waals surface area contributed by atoms with E-state index < -0.39 is 49.0 Å². The highest BCUT2D eigenvalue weighted by atomic mass is 19.4. The molecule has 0 radical (unpaired) electrons. The van der Waals surface area contributed by atoms with E-state index in [0.29, 0.717) is 30.2 Å². The summed E-state index contributed by atoms with van der Waals surface area (Å²) in [7, 11) is 1.63. The Morgan fingerprint density at radius 1 is 1.19 bits per heavy atom. The average Bonchev–Trinajstić information content (AvgIpc) is 3.33. The van der Waals surface area contributed by atoms with Crippen LogP contribution in [0.5, 0.6) is 5.75 Å². The minimum Gasteiger partial charge on any atom is -0.490 e. The van der Waals surface area contributed by atoms with Crippen LogP contribution >= 0.6 is 0 Å². The first-order valence-corrected chi connectivity index (χ1v) is 15.7. The summed E-state index contributed by atoms with van der Waals surface area (Å²) in [5, 5.41) is 19.2. The molecule has 0 aliphatic carbocycles. The van der Waals surface area contributed by atoms with Gasteiger partial charge in [0.2, 0.25) is 5.91 Å². The maximum Gasteiger partial charge on any atom is 0.389 e. The molecule has 1 aliphatic rings. The van der Waals surface area contributed by atoms with Crippen molar-refractivity contribution in [3.8, 4) is 5.75 Å². The van der Waals surface area contributed by atoms with Gasteiger partial charge in [-0.2, -0.15) is 13.2 Å². The number of benzene rings is 1. The number of fused-ring (bicyclic) bond motifs is 1. The number of ether oxygens (including phenoxy) is 2. The second-order valence-electron chi connectivity index (χ2n) is 12.2. The van der Waals surface area contributed by atoms with Crippen LogP contribution in [0.15, 0.2) is 22.7 Å². The van der Waals surface area contributed by atoms with Gasteiger partial charge in [-0.1, -0.05) is 12.1 Å². The molecule has 1 aromatic carbocycles. The number of hydrogen-bond donors (Lipinski definition) is 3. The van der Waals surface area contributed by atoms with Crippen LogP contribution in [0.25, 0.3) is 0 Å². The fraction of sp³-hybridized carbons (Fsp3) is 0.625. The summed E-state index contributed by atoms with van der Waals surface area (Å²) in [6.07, 6.45) is -5.19. The lowest BCUT2D eigenvalue weighted by Gasteiger charge is -2.35. The highest BCUT2D eigenvalue weighted by molar-refractivity contribution is 5.99. The van der Waals surface area contributed by atoms with E-state index in [1.807, 2.05) is 13.8 Å². The van der Waals surface area contributed by atoms with Crippen molar-refractivity contribution in [1.29, 1.82) is 0 Å². The molecule has 0 bridgehead atoms. The van der Waals surface area contributed by atoms with Gasteiger partial charge in [-0.05, 0) is 65.2 Å². The number of aliphatic hydroxyl groups excluding tert-OH is 1. The smallest absolute Gasteiger partial charge is 0.389 e. The Labute approximate surface area is 272 Å². The molecule has 2 heterocycles. The normalized spacial score (nSPS) is 20.4. The van der Waals surface area contributed by atoms with Crippen LogP contribution in [0.2, 0.25) is 0 Å². The summed E-state index contributed by atoms with van der Waals surface area (Å²) >= 11 is 0. The number of carbonyl (C=O) groups excluding carboxylic acids is 3. The zero-order chi connectivity index (χ0) is 34.9. The van der Waals surface area contributed by atoms with E-state index in [4.69, 9.17) is 14.0 Å². The van der Waals surface area contributed by atoms with Crippen molar-refractivity contribution in [2.45, 2.75) is 91.1 Å². The first-order valence-electron chi connectivity index (χ1n) is 15.7. The molecule has 0 saturated carbocycles. The third-order valence-corrected chi connectivity index (χ3v) is 8.04. The molecular formula is C32H46F3N5O7. The van der Waals surface area contributed by atoms with Crippen LogP contribution < -0.4 is 15.4 Å². The zero-order valence-corrected chi connectivity index (χ0v) is 27.8. The lowest BCUT2D eigenvalue weighted by Crippen LogP contribution is -2.48. The van der Waals surface area contributed by atoms with E-state index in [9.17, 15) is 32.7 Å². The van der Waals surface area contributed by atoms with Crippen LogP contribution in [0.1, 0.15) is 74.7 Å². The SMILES string of the molecule is Cc1noc(C)c1NC(=O)N(C)C[C@H]1OCCCC[C@@H](C)Oc2ccc(NC(=O)CCC(F)(F)F)cc2C(=O)N([C@H](C)CO)C[C@H]1C. The van der Waals surface area contributed by atoms with Crippen LogP contribution in [-0.2, 0) is 9.53 Å². The summed E-state index contributed by atoms with van der Waals surface area (Å²) in [5.74, 6) is -0.951. The average molecular weight is 670 g/mol. The molecule has 1 aromatic heterocycles. The van der Waals surface area contributed by atoms with Crippen molar-refractivity contribution >= 4 is 29.2 Å². The molecule has 262 valence electrons. The summed E-state index contributed by atoms with van der Waals surface area (Å²) in [5.41, 5.74) is 1.25. The van der Waals surface area contributed by atoms with Crippen LogP contribution in [0, 0.1) is 19.8 Å². The number of hydrogen-bond acceptors (Lipinski definition) is 8. The molecule has 2 aromatic rings. The predicted molar refractivity (Wildman–Crippen MR) is 168 cm³/mol. The number of aryl methyl sites for hydroxylation is 2. The van der Waals surface area contributed by atoms with Crippen LogP contribution in [0.4, 0.5) is 29.3 Å². The Balaban J connectivity index is 1.89. The van der Waals surface area contributed by atoms with Gasteiger partial charge in [-0.3, -0.25) is 9.59 Å². The van der Waals surface area contributed by atoms with Crippen molar-refractivity contribution in [1.82, 2.24) is 15.0 Å². The first kappa shape index (κ1) is 37.6. The predicted octanol–water partition coefficient (Wildman–Crippen LogP) is 5.53. The Bertz CT molecular complexity index is 1350. The number of nitrogens with zero attached hydrogens (tertiary/aromatic N) is 3. The number of alkyl halides is 3. The highest BCUT2D eigenvalue weighted by Gasteiger charge is 2.32. The molecule has 0 fully saturated rings. The molecule has 1 aliphatic heterocycles. The van der Waals surface area contributed by atoms with Crippen LogP contribution in [0.3, 0.4) is 0 Å². The molecule has 12 nitrogen and oxygen atoms in total. The summed E-state index contributed by atoms with van der Waals surface area (Å²) < 4.78 is 55.6. The number of nitrogens with one attached hydrogen (secondary N) is 2. The van der Waals surface area contributed by atoms with Crippen LogP contribution in [-0.4, -0.2) is 95.7 Å². The van der Waals surface area contributed by atoms with Gasteiger partial charge in [0.25, 0.3) is 5.91 Å². The molecule has 3 rings (SSSR count). The Morgan fingerprint density at radius 3 is 2.55 bits per heavy atom. The van der Waals surface area contributed by atoms with Gasteiger partial charge in [0.15, 0.2) is 5.76 Å². The zero-order valence-electron chi connectivity index (χ0n) is 27.8. The fourth-order valence-corrected chi connectivity index (χ4v) is 5.16. The van der Waals surface area contributed by atoms with E-state index in [1.54, 1.807) is 27.8 Å². The fourth-order valence-electron chi connectivity index (χ4n) is 5.16. The van der Waals surface area contributed by atoms with E-state index in [-0.39, 0.29) is 48.7 Å². The summed E-state index contributed by atoms with van der Waals surface area (Å²) in [6, 6.07) is 3.33. The van der Waals surface area contributed by atoms with Gasteiger partial charge in [-0.25, -0.2) is 4.79 Å². The number of anilines is 2. The topological polar surface area (TPSA) is 146 Å². The van der Waals surface area contributed by atoms with E-state index in [0.717, 1.165) is 12.8 Å². The molecule has 15 heteroatoms. The Hall–Kier alpha value is -3.85. The van der Waals surface area contributed by atoms with E-state index in [2.05, 4.69) is 15.8 Å². The monoisotopic (exact) mass is 669 g/mol. The quantitative estimate of drug-likeness (QED) is 0.333. The minimum atomic E-state index is -4.48. The van der Waals surface area contributed by atoms with Gasteiger partial charge in [0, 0.05) is 44.8 Å². The second-order valence-corrected chi connectivity index (χ2v) is 12.2. The lowest BCUT2D eigenvalue weighted by molar-refractivity contribution is -0.142. The van der Waals surface area contributed by atoms with Gasteiger partial charge in [0.05, 0.1) is 36.8 Å². The molecule has 0 saturated heterocycles.